The van der Waals surface area contributed by atoms with Crippen molar-refractivity contribution in [3.05, 3.63) is 43.4 Å². The fourth-order valence-electron chi connectivity index (χ4n) is 3.76. The lowest BCUT2D eigenvalue weighted by Gasteiger charge is -2.25. The summed E-state index contributed by atoms with van der Waals surface area (Å²) in [5.74, 6) is -4.87. The average Bonchev–Trinajstić information content (AvgIpc) is 3.04. The molecule has 0 aliphatic carbocycles. The zero-order valence-electron chi connectivity index (χ0n) is 25.7. The van der Waals surface area contributed by atoms with Crippen LogP contribution in [-0.2, 0) is 23.9 Å². The smallest absolute Gasteiger partial charge is 0.437 e. The molecule has 2 aromatic carbocycles. The number of methoxy groups -OCH3 is 3. The molecular formula is C27H27Cl4N3O14. The van der Waals surface area contributed by atoms with E-state index < -0.39 is 76.1 Å². The van der Waals surface area contributed by atoms with Gasteiger partial charge in [0.1, 0.15) is 11.1 Å². The number of nitrogens with two attached hydrogens (primary N) is 1. The lowest BCUT2D eigenvalue weighted by Crippen LogP contribution is -2.40. The molecule has 0 unspecified atom stereocenters. The molecule has 0 spiro atoms. The summed E-state index contributed by atoms with van der Waals surface area (Å²) in [6.45, 7) is -1.10. The van der Waals surface area contributed by atoms with Crippen LogP contribution in [0.15, 0.2) is 12.1 Å². The number of ether oxygens (including phenoxy) is 6. The van der Waals surface area contributed by atoms with Gasteiger partial charge in [-0.25, -0.2) is 14.4 Å². The number of hydrogen-bond acceptors (Lipinski definition) is 14. The highest BCUT2D eigenvalue weighted by molar-refractivity contribution is 6.45. The zero-order valence-corrected chi connectivity index (χ0v) is 28.7. The van der Waals surface area contributed by atoms with Gasteiger partial charge in [0.25, 0.3) is 11.8 Å². The molecule has 262 valence electrons. The van der Waals surface area contributed by atoms with E-state index in [0.717, 1.165) is 50.4 Å². The van der Waals surface area contributed by atoms with Gasteiger partial charge in [0, 0.05) is 32.3 Å². The van der Waals surface area contributed by atoms with Crippen molar-refractivity contribution >= 4 is 82.6 Å². The highest BCUT2D eigenvalue weighted by Gasteiger charge is 2.32. The number of primary amides is 1. The van der Waals surface area contributed by atoms with Crippen molar-refractivity contribution in [2.24, 2.45) is 5.73 Å². The van der Waals surface area contributed by atoms with Gasteiger partial charge in [-0.05, 0) is 6.42 Å². The van der Waals surface area contributed by atoms with Gasteiger partial charge in [-0.2, -0.15) is 4.89 Å². The number of rotatable bonds is 13. The van der Waals surface area contributed by atoms with Gasteiger partial charge in [-0.3, -0.25) is 14.4 Å². The van der Waals surface area contributed by atoms with Crippen LogP contribution in [0.5, 0.6) is 23.0 Å². The van der Waals surface area contributed by atoms with Crippen LogP contribution in [-0.4, -0.2) is 101 Å². The summed E-state index contributed by atoms with van der Waals surface area (Å²) in [5, 5.41) is -1.24. The second-order valence-electron chi connectivity index (χ2n) is 8.94. The molecule has 0 radical (unpaired) electrons. The lowest BCUT2D eigenvalue weighted by molar-refractivity contribution is -0.179. The minimum Gasteiger partial charge on any atom is -0.437 e. The maximum atomic E-state index is 13.8. The second kappa shape index (κ2) is 18.2. The van der Waals surface area contributed by atoms with Gasteiger partial charge in [-0.15, -0.1) is 0 Å². The number of carbonyl (C=O) groups is 6. The highest BCUT2D eigenvalue weighted by Crippen LogP contribution is 2.43. The molecular weight excluding hydrogens is 732 g/mol. The highest BCUT2D eigenvalue weighted by atomic mass is 35.5. The quantitative estimate of drug-likeness (QED) is 0.0960. The number of amides is 3. The van der Waals surface area contributed by atoms with Crippen molar-refractivity contribution in [1.82, 2.24) is 9.80 Å². The van der Waals surface area contributed by atoms with E-state index in [1.54, 1.807) is 0 Å². The minimum absolute atomic E-state index is 0.0367. The van der Waals surface area contributed by atoms with Gasteiger partial charge in [0.15, 0.2) is 17.2 Å². The van der Waals surface area contributed by atoms with E-state index in [2.05, 4.69) is 19.1 Å². The van der Waals surface area contributed by atoms with Gasteiger partial charge < -0.3 is 48.8 Å². The lowest BCUT2D eigenvalue weighted by atomic mass is 10.1. The molecule has 0 saturated carbocycles. The summed E-state index contributed by atoms with van der Waals surface area (Å²) in [7, 11) is 5.46. The van der Waals surface area contributed by atoms with Gasteiger partial charge in [0.05, 0.1) is 55.1 Å². The predicted octanol–water partition coefficient (Wildman–Crippen LogP) is 4.77. The first kappa shape index (κ1) is 39.8. The maximum Gasteiger partial charge on any atom is 0.513 e. The molecule has 17 nitrogen and oxygen atoms in total. The first-order valence-electron chi connectivity index (χ1n) is 13.0. The van der Waals surface area contributed by atoms with E-state index >= 15 is 0 Å². The molecule has 0 aliphatic rings. The Balaban J connectivity index is 2.47. The summed E-state index contributed by atoms with van der Waals surface area (Å²) in [6, 6.07) is 2.10. The van der Waals surface area contributed by atoms with Gasteiger partial charge in [-0.1, -0.05) is 46.4 Å². The monoisotopic (exact) mass is 757 g/mol. The predicted molar refractivity (Wildman–Crippen MR) is 166 cm³/mol. The van der Waals surface area contributed by atoms with Crippen molar-refractivity contribution in [3.8, 4) is 23.0 Å². The molecule has 3 amide bonds. The number of benzene rings is 2. The van der Waals surface area contributed by atoms with Crippen LogP contribution in [0, 0.1) is 0 Å². The first-order valence-corrected chi connectivity index (χ1v) is 14.5. The Bertz CT molecular complexity index is 1590. The van der Waals surface area contributed by atoms with Crippen LogP contribution < -0.4 is 24.8 Å². The van der Waals surface area contributed by atoms with E-state index in [-0.39, 0.29) is 40.3 Å². The van der Waals surface area contributed by atoms with Gasteiger partial charge >= 0.3 is 18.5 Å². The second-order valence-corrected chi connectivity index (χ2v) is 10.5. The third-order valence-corrected chi connectivity index (χ3v) is 7.42. The molecule has 2 rings (SSSR count). The molecule has 2 N–H and O–H groups in total. The normalized spacial score (nSPS) is 10.4. The maximum absolute atomic E-state index is 13.8. The summed E-state index contributed by atoms with van der Waals surface area (Å²) in [5.41, 5.74) is 4.36. The van der Waals surface area contributed by atoms with Crippen LogP contribution in [0.1, 0.15) is 27.1 Å². The third-order valence-electron chi connectivity index (χ3n) is 5.84. The van der Waals surface area contributed by atoms with Crippen LogP contribution in [0.25, 0.3) is 0 Å². The van der Waals surface area contributed by atoms with Gasteiger partial charge in [0.2, 0.25) is 11.7 Å². The summed E-state index contributed by atoms with van der Waals surface area (Å²) in [6.07, 6.45) is -3.87. The van der Waals surface area contributed by atoms with Crippen molar-refractivity contribution in [2.75, 3.05) is 55.1 Å². The number of nitrogens with zero attached hydrogens (tertiary/aromatic N) is 2. The van der Waals surface area contributed by atoms with E-state index in [1.165, 1.54) is 7.05 Å². The van der Waals surface area contributed by atoms with Crippen molar-refractivity contribution in [3.63, 3.8) is 0 Å². The standard InChI is InChI=1S/C27H27Cl4N3O14/c1-33(23(36)17-19(30)13(29)10-15(48-44-5)22(17)47-27(40)43-4)7-6-8-34(11-16(32)35)24(37)18-20(31)12(28)9-14(45-25(38)41-2)21(18)46-26(39)42-3/h9-10H,6-8,11H2,1-5H3,(H2,32,35). The fraction of sp³-hybridized carbons (Fsp3) is 0.333. The van der Waals surface area contributed by atoms with E-state index in [1.807, 2.05) is 0 Å². The Morgan fingerprint density at radius 1 is 0.688 bits per heavy atom. The van der Waals surface area contributed by atoms with E-state index in [9.17, 15) is 28.8 Å². The number of halogens is 4. The molecule has 48 heavy (non-hydrogen) atoms. The Hall–Kier alpha value is -4.42. The van der Waals surface area contributed by atoms with Crippen LogP contribution in [0.2, 0.25) is 20.1 Å². The molecule has 0 atom stereocenters. The SMILES string of the molecule is COOc1cc(Cl)c(Cl)c(C(=O)N(C)CCCN(CC(N)=O)C(=O)c2c(Cl)c(Cl)cc(OC(=O)OC)c2OC(=O)OC)c1OC(=O)OC. The van der Waals surface area contributed by atoms with E-state index in [0.29, 0.717) is 0 Å². The third kappa shape index (κ3) is 10.0. The molecule has 0 bridgehead atoms. The number of hydrogen-bond donors (Lipinski definition) is 1. The van der Waals surface area contributed by atoms with Crippen LogP contribution in [0.3, 0.4) is 0 Å². The zero-order chi connectivity index (χ0) is 36.3. The Kier molecular flexibility index (Phi) is 15.1. The van der Waals surface area contributed by atoms with E-state index in [4.69, 9.17) is 71.2 Å². The average molecular weight is 759 g/mol. The molecule has 0 aromatic heterocycles. The topological polar surface area (TPSA) is 209 Å². The molecule has 21 heteroatoms. The molecule has 0 saturated heterocycles. The Morgan fingerprint density at radius 3 is 1.62 bits per heavy atom. The Morgan fingerprint density at radius 2 is 1.15 bits per heavy atom. The Labute approximate surface area is 292 Å². The molecule has 0 fully saturated rings. The summed E-state index contributed by atoms with van der Waals surface area (Å²) < 4.78 is 28.6. The minimum atomic E-state index is -1.34. The molecule has 0 heterocycles. The van der Waals surface area contributed by atoms with Crippen LogP contribution in [0.4, 0.5) is 14.4 Å². The first-order chi connectivity index (χ1) is 22.6. The van der Waals surface area contributed by atoms with Crippen molar-refractivity contribution in [1.29, 1.82) is 0 Å². The van der Waals surface area contributed by atoms with Crippen LogP contribution >= 0.6 is 46.4 Å². The fourth-order valence-corrected chi connectivity index (χ4v) is 4.59. The largest absolute Gasteiger partial charge is 0.513 e. The van der Waals surface area contributed by atoms with Crippen molar-refractivity contribution < 1.29 is 67.0 Å². The van der Waals surface area contributed by atoms with Crippen molar-refractivity contribution in [2.45, 2.75) is 6.42 Å². The summed E-state index contributed by atoms with van der Waals surface area (Å²) in [4.78, 5) is 86.7. The summed E-state index contributed by atoms with van der Waals surface area (Å²) >= 11 is 25.0. The molecule has 0 aliphatic heterocycles. The number of carbonyl (C=O) groups excluding carboxylic acids is 6. The molecule has 2 aromatic rings.